The van der Waals surface area contributed by atoms with Gasteiger partial charge in [-0.2, -0.15) is 0 Å². The fourth-order valence-corrected chi connectivity index (χ4v) is 4.33. The summed E-state index contributed by atoms with van der Waals surface area (Å²) >= 11 is 0. The van der Waals surface area contributed by atoms with Gasteiger partial charge in [-0.05, 0) is 38.1 Å². The number of benzene rings is 1. The molecule has 2 aliphatic rings. The fourth-order valence-electron chi connectivity index (χ4n) is 4.33. The number of methoxy groups -OCH3 is 1. The number of nitrogens with one attached hydrogen (secondary N) is 4. The lowest BCUT2D eigenvalue weighted by atomic mass is 10.0. The first-order chi connectivity index (χ1) is 16.1. The van der Waals surface area contributed by atoms with Gasteiger partial charge in [0.1, 0.15) is 11.9 Å². The van der Waals surface area contributed by atoms with E-state index in [0.29, 0.717) is 41.3 Å². The number of fused-ring (bicyclic) bond motifs is 1. The van der Waals surface area contributed by atoms with Crippen molar-refractivity contribution in [3.63, 3.8) is 0 Å². The molecule has 1 saturated heterocycles. The smallest absolute Gasteiger partial charge is 0.255 e. The molecule has 9 heteroatoms. The van der Waals surface area contributed by atoms with E-state index in [1.807, 2.05) is 13.0 Å². The molecule has 1 unspecified atom stereocenters. The second kappa shape index (κ2) is 8.74. The summed E-state index contributed by atoms with van der Waals surface area (Å²) in [6.07, 6.45) is 5.02. The van der Waals surface area contributed by atoms with E-state index in [1.165, 1.54) is 13.2 Å². The van der Waals surface area contributed by atoms with Crippen molar-refractivity contribution in [3.8, 4) is 22.8 Å². The van der Waals surface area contributed by atoms with Gasteiger partial charge in [0.15, 0.2) is 11.6 Å². The first-order valence-corrected chi connectivity index (χ1v) is 11.0. The van der Waals surface area contributed by atoms with Crippen molar-refractivity contribution in [3.05, 3.63) is 53.7 Å². The molecule has 0 radical (unpaired) electrons. The number of carbonyl (C=O) groups excluding carboxylic acids is 1. The number of pyridine rings is 1. The van der Waals surface area contributed by atoms with Crippen LogP contribution < -0.4 is 25.4 Å². The van der Waals surface area contributed by atoms with Crippen LogP contribution >= 0.6 is 0 Å². The summed E-state index contributed by atoms with van der Waals surface area (Å²) in [7, 11) is 1.41. The highest BCUT2D eigenvalue weighted by molar-refractivity contribution is 6.06. The molecule has 5 rings (SSSR count). The second-order valence-corrected chi connectivity index (χ2v) is 8.22. The first kappa shape index (κ1) is 21.3. The van der Waals surface area contributed by atoms with Gasteiger partial charge < -0.3 is 30.4 Å². The molecular formula is C24H26FN5O3. The van der Waals surface area contributed by atoms with E-state index in [9.17, 15) is 9.18 Å². The zero-order valence-corrected chi connectivity index (χ0v) is 18.5. The highest BCUT2D eigenvalue weighted by Gasteiger charge is 2.30. The third-order valence-electron chi connectivity index (χ3n) is 6.19. The summed E-state index contributed by atoms with van der Waals surface area (Å²) in [4.78, 5) is 20.5. The third-order valence-corrected chi connectivity index (χ3v) is 6.19. The number of hydrogen-bond acceptors (Lipinski definition) is 6. The number of carbonyl (C=O) groups is 1. The molecule has 4 heterocycles. The van der Waals surface area contributed by atoms with Crippen molar-refractivity contribution in [1.29, 1.82) is 0 Å². The number of para-hydroxylation sites is 1. The molecule has 172 valence electrons. The molecule has 0 bridgehead atoms. The Morgan fingerprint density at radius 2 is 2.12 bits per heavy atom. The fraction of sp³-hybridized carbons (Fsp3) is 0.333. The van der Waals surface area contributed by atoms with Gasteiger partial charge in [-0.25, -0.2) is 4.39 Å². The van der Waals surface area contributed by atoms with Gasteiger partial charge in [-0.3, -0.25) is 9.78 Å². The number of amides is 1. The van der Waals surface area contributed by atoms with E-state index in [1.54, 1.807) is 24.5 Å². The number of H-pyrrole nitrogens is 1. The van der Waals surface area contributed by atoms with Crippen LogP contribution in [0, 0.1) is 5.82 Å². The molecule has 2 aliphatic heterocycles. The number of hydrogen-bond donors (Lipinski definition) is 4. The van der Waals surface area contributed by atoms with Crippen LogP contribution in [0.15, 0.2) is 36.7 Å². The molecule has 1 aromatic carbocycles. The molecule has 0 saturated carbocycles. The van der Waals surface area contributed by atoms with Crippen molar-refractivity contribution in [2.75, 3.05) is 25.5 Å². The lowest BCUT2D eigenvalue weighted by Gasteiger charge is -2.33. The quantitative estimate of drug-likeness (QED) is 0.440. The van der Waals surface area contributed by atoms with Gasteiger partial charge in [-0.15, -0.1) is 0 Å². The maximum Gasteiger partial charge on any atom is 0.255 e. The van der Waals surface area contributed by atoms with E-state index in [4.69, 9.17) is 9.47 Å². The minimum Gasteiger partial charge on any atom is -0.492 e. The predicted molar refractivity (Wildman–Crippen MR) is 123 cm³/mol. The van der Waals surface area contributed by atoms with E-state index < -0.39 is 5.82 Å². The SMILES string of the molecule is COc1c(F)cccc1Nc1c(-c2ccncc2OC(C)[C@H]2CCN2)[nH]c2c1C(=O)NCC2. The van der Waals surface area contributed by atoms with Crippen LogP contribution in [-0.4, -0.2) is 48.2 Å². The van der Waals surface area contributed by atoms with Gasteiger partial charge >= 0.3 is 0 Å². The summed E-state index contributed by atoms with van der Waals surface area (Å²) in [5, 5.41) is 9.50. The van der Waals surface area contributed by atoms with Crippen LogP contribution in [0.1, 0.15) is 29.4 Å². The topological polar surface area (TPSA) is 100 Å². The number of nitrogens with zero attached hydrogens (tertiary/aromatic N) is 1. The zero-order valence-electron chi connectivity index (χ0n) is 18.5. The standard InChI is InChI=1S/C24H26FN5O3/c1-13(16-7-10-27-16)33-19-12-26-9-6-14(19)21-22(20-17(29-21)8-11-28-24(20)31)30-18-5-3-4-15(25)23(18)32-2/h3-6,9,12-13,16,27,29-30H,7-8,10-11H2,1-2H3,(H,28,31)/t13?,16-/m1/s1. The Kier molecular flexibility index (Phi) is 5.63. The van der Waals surface area contributed by atoms with Crippen molar-refractivity contribution in [1.82, 2.24) is 20.6 Å². The van der Waals surface area contributed by atoms with E-state index in [2.05, 4.69) is 25.9 Å². The number of aromatic nitrogens is 2. The second-order valence-electron chi connectivity index (χ2n) is 8.22. The Bertz CT molecular complexity index is 1190. The molecule has 2 aromatic heterocycles. The zero-order chi connectivity index (χ0) is 22.9. The molecular weight excluding hydrogens is 425 g/mol. The van der Waals surface area contributed by atoms with Gasteiger partial charge in [-0.1, -0.05) is 6.07 Å². The van der Waals surface area contributed by atoms with E-state index in [0.717, 1.165) is 24.2 Å². The van der Waals surface area contributed by atoms with E-state index >= 15 is 0 Å². The number of ether oxygens (including phenoxy) is 2. The Hall–Kier alpha value is -3.59. The average Bonchev–Trinajstić information content (AvgIpc) is 3.12. The van der Waals surface area contributed by atoms with Crippen LogP contribution in [0.25, 0.3) is 11.3 Å². The van der Waals surface area contributed by atoms with Gasteiger partial charge in [0.2, 0.25) is 0 Å². The Morgan fingerprint density at radius 1 is 1.27 bits per heavy atom. The van der Waals surface area contributed by atoms with Gasteiger partial charge in [0, 0.05) is 36.5 Å². The van der Waals surface area contributed by atoms with Crippen LogP contribution in [0.4, 0.5) is 15.8 Å². The average molecular weight is 452 g/mol. The van der Waals surface area contributed by atoms with Crippen LogP contribution in [-0.2, 0) is 6.42 Å². The number of aromatic amines is 1. The highest BCUT2D eigenvalue weighted by Crippen LogP contribution is 2.42. The largest absolute Gasteiger partial charge is 0.492 e. The first-order valence-electron chi connectivity index (χ1n) is 11.0. The van der Waals surface area contributed by atoms with Crippen LogP contribution in [0.2, 0.25) is 0 Å². The van der Waals surface area contributed by atoms with Crippen LogP contribution in [0.5, 0.6) is 11.5 Å². The monoisotopic (exact) mass is 451 g/mol. The summed E-state index contributed by atoms with van der Waals surface area (Å²) in [5.41, 5.74) is 3.70. The highest BCUT2D eigenvalue weighted by atomic mass is 19.1. The van der Waals surface area contributed by atoms with E-state index in [-0.39, 0.29) is 23.8 Å². The number of halogens is 1. The lowest BCUT2D eigenvalue weighted by molar-refractivity contribution is 0.0947. The van der Waals surface area contributed by atoms with Crippen molar-refractivity contribution in [2.45, 2.75) is 31.9 Å². The molecule has 0 spiro atoms. The third kappa shape index (κ3) is 3.89. The summed E-state index contributed by atoms with van der Waals surface area (Å²) in [5.74, 6) is -0.00898. The number of rotatable bonds is 7. The Balaban J connectivity index is 1.61. The molecule has 0 aliphatic carbocycles. The summed E-state index contributed by atoms with van der Waals surface area (Å²) in [6.45, 7) is 3.55. The molecule has 33 heavy (non-hydrogen) atoms. The Morgan fingerprint density at radius 3 is 2.88 bits per heavy atom. The molecule has 1 fully saturated rings. The van der Waals surface area contributed by atoms with Crippen molar-refractivity contribution in [2.24, 2.45) is 0 Å². The number of anilines is 2. The molecule has 8 nitrogen and oxygen atoms in total. The van der Waals surface area contributed by atoms with Gasteiger partial charge in [0.25, 0.3) is 5.91 Å². The molecule has 2 atom stereocenters. The maximum absolute atomic E-state index is 14.4. The summed E-state index contributed by atoms with van der Waals surface area (Å²) < 4.78 is 25.9. The van der Waals surface area contributed by atoms with Crippen LogP contribution in [0.3, 0.4) is 0 Å². The van der Waals surface area contributed by atoms with Gasteiger partial charge in [0.05, 0.1) is 35.9 Å². The summed E-state index contributed by atoms with van der Waals surface area (Å²) in [6, 6.07) is 6.76. The molecule has 3 aromatic rings. The van der Waals surface area contributed by atoms with Crippen molar-refractivity contribution >= 4 is 17.3 Å². The Labute approximate surface area is 190 Å². The normalized spacial score (nSPS) is 18.0. The predicted octanol–water partition coefficient (Wildman–Crippen LogP) is 3.38. The maximum atomic E-state index is 14.4. The lowest BCUT2D eigenvalue weighted by Crippen LogP contribution is -2.51. The van der Waals surface area contributed by atoms with Crippen molar-refractivity contribution < 1.29 is 18.7 Å². The minimum atomic E-state index is -0.493. The molecule has 4 N–H and O–H groups in total. The minimum absolute atomic E-state index is 0.0469. The molecule has 1 amide bonds.